The van der Waals surface area contributed by atoms with Gasteiger partial charge in [-0.25, -0.2) is 0 Å². The Hall–Kier alpha value is -1.88. The van der Waals surface area contributed by atoms with Gasteiger partial charge in [0.1, 0.15) is 0 Å². The Balaban J connectivity index is 1.54. The molecular formula is C19H28N3O2+. The van der Waals surface area contributed by atoms with Crippen LogP contribution in [0.1, 0.15) is 33.1 Å². The van der Waals surface area contributed by atoms with Crippen molar-refractivity contribution < 1.29 is 14.5 Å². The van der Waals surface area contributed by atoms with Crippen LogP contribution in [0.3, 0.4) is 0 Å². The van der Waals surface area contributed by atoms with Gasteiger partial charge in [0.2, 0.25) is 5.91 Å². The standard InChI is InChI=1S/C19H27N3O2/c1-14-10-15(2)12-21(11-14)13-18(23)20-16-5-7-17(8-6-16)22-9-3-4-19(22)24/h5-8,14-15H,3-4,9-13H2,1-2H3,(H,20,23)/p+1/t14-,15-/m1/s1. The molecule has 5 nitrogen and oxygen atoms in total. The zero-order chi connectivity index (χ0) is 17.1. The summed E-state index contributed by atoms with van der Waals surface area (Å²) in [6.45, 7) is 8.01. The Morgan fingerprint density at radius 2 is 1.88 bits per heavy atom. The first-order valence-corrected chi connectivity index (χ1v) is 9.05. The summed E-state index contributed by atoms with van der Waals surface area (Å²) >= 11 is 0. The molecule has 0 unspecified atom stereocenters. The van der Waals surface area contributed by atoms with Gasteiger partial charge in [0.15, 0.2) is 6.54 Å². The maximum Gasteiger partial charge on any atom is 0.279 e. The molecule has 2 saturated heterocycles. The number of carbonyl (C=O) groups excluding carboxylic acids is 2. The van der Waals surface area contributed by atoms with Gasteiger partial charge in [-0.3, -0.25) is 9.59 Å². The van der Waals surface area contributed by atoms with Gasteiger partial charge >= 0.3 is 0 Å². The van der Waals surface area contributed by atoms with Crippen molar-refractivity contribution in [3.05, 3.63) is 24.3 Å². The molecule has 2 fully saturated rings. The third-order valence-electron chi connectivity index (χ3n) is 5.03. The van der Waals surface area contributed by atoms with E-state index in [-0.39, 0.29) is 11.8 Å². The molecule has 0 saturated carbocycles. The van der Waals surface area contributed by atoms with E-state index in [1.54, 1.807) is 0 Å². The van der Waals surface area contributed by atoms with Crippen LogP contribution in [0.4, 0.5) is 11.4 Å². The highest BCUT2D eigenvalue weighted by Gasteiger charge is 2.26. The lowest BCUT2D eigenvalue weighted by atomic mass is 9.92. The van der Waals surface area contributed by atoms with Gasteiger partial charge in [0.05, 0.1) is 13.1 Å². The van der Waals surface area contributed by atoms with Crippen LogP contribution in [-0.4, -0.2) is 38.0 Å². The van der Waals surface area contributed by atoms with Gasteiger partial charge in [0, 0.05) is 36.2 Å². The second kappa shape index (κ2) is 7.34. The smallest absolute Gasteiger partial charge is 0.279 e. The molecule has 5 heteroatoms. The van der Waals surface area contributed by atoms with E-state index in [4.69, 9.17) is 0 Å². The number of rotatable bonds is 4. The molecule has 2 atom stereocenters. The molecular weight excluding hydrogens is 302 g/mol. The fraction of sp³-hybridized carbons (Fsp3) is 0.579. The molecule has 2 N–H and O–H groups in total. The van der Waals surface area contributed by atoms with E-state index in [0.717, 1.165) is 37.4 Å². The molecule has 0 aromatic heterocycles. The molecule has 0 aliphatic carbocycles. The van der Waals surface area contributed by atoms with Crippen LogP contribution < -0.4 is 15.1 Å². The van der Waals surface area contributed by atoms with Crippen LogP contribution in [0.15, 0.2) is 24.3 Å². The molecule has 2 amide bonds. The number of hydrogen-bond acceptors (Lipinski definition) is 2. The normalized spacial score (nSPS) is 27.3. The molecule has 0 bridgehead atoms. The van der Waals surface area contributed by atoms with Crippen molar-refractivity contribution in [2.75, 3.05) is 36.4 Å². The number of likely N-dealkylation sites (tertiary alicyclic amines) is 1. The predicted octanol–water partition coefficient (Wildman–Crippen LogP) is 1.31. The molecule has 0 spiro atoms. The first-order valence-electron chi connectivity index (χ1n) is 9.05. The minimum Gasteiger partial charge on any atom is -0.327 e. The zero-order valence-electron chi connectivity index (χ0n) is 14.7. The molecule has 2 aliphatic heterocycles. The number of piperidine rings is 1. The van der Waals surface area contributed by atoms with Crippen molar-refractivity contribution in [3.63, 3.8) is 0 Å². The number of carbonyl (C=O) groups is 2. The lowest BCUT2D eigenvalue weighted by Crippen LogP contribution is -3.15. The highest BCUT2D eigenvalue weighted by molar-refractivity contribution is 5.96. The third kappa shape index (κ3) is 4.15. The second-order valence-electron chi connectivity index (χ2n) is 7.53. The summed E-state index contributed by atoms with van der Waals surface area (Å²) in [7, 11) is 0. The van der Waals surface area contributed by atoms with E-state index in [2.05, 4.69) is 19.2 Å². The highest BCUT2D eigenvalue weighted by atomic mass is 16.2. The topological polar surface area (TPSA) is 53.9 Å². The Labute approximate surface area is 144 Å². The Morgan fingerprint density at radius 1 is 1.21 bits per heavy atom. The molecule has 0 radical (unpaired) electrons. The minimum atomic E-state index is 0.0660. The molecule has 2 aliphatic rings. The van der Waals surface area contributed by atoms with Crippen molar-refractivity contribution in [3.8, 4) is 0 Å². The maximum absolute atomic E-state index is 12.3. The zero-order valence-corrected chi connectivity index (χ0v) is 14.7. The number of hydrogen-bond donors (Lipinski definition) is 2. The minimum absolute atomic E-state index is 0.0660. The SMILES string of the molecule is C[C@@H]1C[C@@H](C)C[NH+](CC(=O)Nc2ccc(N3CCCC3=O)cc2)C1. The molecule has 1 aromatic carbocycles. The summed E-state index contributed by atoms with van der Waals surface area (Å²) in [5, 5.41) is 2.98. The number of amides is 2. The number of anilines is 2. The van der Waals surface area contributed by atoms with E-state index in [0.29, 0.717) is 24.8 Å². The molecule has 130 valence electrons. The Bertz CT molecular complexity index is 589. The largest absolute Gasteiger partial charge is 0.327 e. The van der Waals surface area contributed by atoms with Crippen molar-refractivity contribution in [1.29, 1.82) is 0 Å². The fourth-order valence-electron chi connectivity index (χ4n) is 4.14. The maximum atomic E-state index is 12.3. The summed E-state index contributed by atoms with van der Waals surface area (Å²) < 4.78 is 0. The Morgan fingerprint density at radius 3 is 2.46 bits per heavy atom. The second-order valence-corrected chi connectivity index (χ2v) is 7.53. The van der Waals surface area contributed by atoms with Crippen molar-refractivity contribution in [2.45, 2.75) is 33.1 Å². The number of nitrogens with one attached hydrogen (secondary N) is 2. The average Bonchev–Trinajstić information content (AvgIpc) is 2.93. The van der Waals surface area contributed by atoms with E-state index in [9.17, 15) is 9.59 Å². The van der Waals surface area contributed by atoms with Crippen LogP contribution in [0, 0.1) is 11.8 Å². The van der Waals surface area contributed by atoms with Gasteiger partial charge in [-0.05, 0) is 37.1 Å². The van der Waals surface area contributed by atoms with Gasteiger partial charge in [-0.2, -0.15) is 0 Å². The van der Waals surface area contributed by atoms with Gasteiger partial charge in [0.25, 0.3) is 5.91 Å². The molecule has 1 aromatic rings. The van der Waals surface area contributed by atoms with Crippen LogP contribution >= 0.6 is 0 Å². The highest BCUT2D eigenvalue weighted by Crippen LogP contribution is 2.22. The Kier molecular flexibility index (Phi) is 5.19. The van der Waals surface area contributed by atoms with E-state index in [1.807, 2.05) is 29.2 Å². The first-order chi connectivity index (χ1) is 11.5. The summed E-state index contributed by atoms with van der Waals surface area (Å²) in [6, 6.07) is 7.60. The number of nitrogens with zero attached hydrogens (tertiary/aromatic N) is 1. The van der Waals surface area contributed by atoms with Crippen LogP contribution in [0.2, 0.25) is 0 Å². The van der Waals surface area contributed by atoms with Gasteiger partial charge in [-0.1, -0.05) is 13.8 Å². The quantitative estimate of drug-likeness (QED) is 0.875. The lowest BCUT2D eigenvalue weighted by molar-refractivity contribution is -0.904. The summed E-state index contributed by atoms with van der Waals surface area (Å²) in [4.78, 5) is 27.2. The van der Waals surface area contributed by atoms with Crippen molar-refractivity contribution in [2.24, 2.45) is 11.8 Å². The molecule has 24 heavy (non-hydrogen) atoms. The molecule has 3 rings (SSSR count). The van der Waals surface area contributed by atoms with Crippen molar-refractivity contribution in [1.82, 2.24) is 0 Å². The number of benzene rings is 1. The monoisotopic (exact) mass is 330 g/mol. The van der Waals surface area contributed by atoms with Crippen LogP contribution in [-0.2, 0) is 9.59 Å². The van der Waals surface area contributed by atoms with Crippen LogP contribution in [0.25, 0.3) is 0 Å². The summed E-state index contributed by atoms with van der Waals surface area (Å²) in [5.41, 5.74) is 1.72. The third-order valence-corrected chi connectivity index (χ3v) is 5.03. The molecule has 2 heterocycles. The van der Waals surface area contributed by atoms with E-state index in [1.165, 1.54) is 11.3 Å². The first kappa shape index (κ1) is 17.0. The summed E-state index contributed by atoms with van der Waals surface area (Å²) in [6.07, 6.45) is 2.82. The van der Waals surface area contributed by atoms with Crippen molar-refractivity contribution >= 4 is 23.2 Å². The van der Waals surface area contributed by atoms with Gasteiger partial charge < -0.3 is 15.1 Å². The van der Waals surface area contributed by atoms with Crippen LogP contribution in [0.5, 0.6) is 0 Å². The van der Waals surface area contributed by atoms with Gasteiger partial charge in [-0.15, -0.1) is 0 Å². The predicted molar refractivity (Wildman–Crippen MR) is 95.2 cm³/mol. The fourth-order valence-corrected chi connectivity index (χ4v) is 4.14. The lowest BCUT2D eigenvalue weighted by Gasteiger charge is -2.31. The average molecular weight is 330 g/mol. The number of quaternary nitrogens is 1. The van der Waals surface area contributed by atoms with E-state index >= 15 is 0 Å². The van der Waals surface area contributed by atoms with E-state index < -0.39 is 0 Å². The summed E-state index contributed by atoms with van der Waals surface area (Å²) in [5.74, 6) is 1.63.